The number of hydrogen-bond acceptors (Lipinski definition) is 5. The zero-order valence-corrected chi connectivity index (χ0v) is 16.7. The van der Waals surface area contributed by atoms with Crippen LogP contribution in [0, 0.1) is 34.0 Å². The SMILES string of the molecule is N#CC1=C(SCC(=O)Nc2ccc(Cl)cc2)NC(=O)[C@H](C#N)C12CCCCC2. The van der Waals surface area contributed by atoms with Crippen LogP contribution in [-0.2, 0) is 9.59 Å². The van der Waals surface area contributed by atoms with Crippen LogP contribution in [0.15, 0.2) is 34.9 Å². The van der Waals surface area contributed by atoms with E-state index in [0.717, 1.165) is 31.0 Å². The Bertz CT molecular complexity index is 892. The van der Waals surface area contributed by atoms with Gasteiger partial charge in [0.05, 0.1) is 28.5 Å². The van der Waals surface area contributed by atoms with Crippen LogP contribution < -0.4 is 10.6 Å². The minimum atomic E-state index is -0.866. The van der Waals surface area contributed by atoms with E-state index >= 15 is 0 Å². The molecule has 2 N–H and O–H groups in total. The van der Waals surface area contributed by atoms with Gasteiger partial charge in [-0.15, -0.1) is 0 Å². The van der Waals surface area contributed by atoms with Crippen molar-refractivity contribution in [2.24, 2.45) is 11.3 Å². The van der Waals surface area contributed by atoms with Gasteiger partial charge in [0.25, 0.3) is 0 Å². The van der Waals surface area contributed by atoms with Crippen LogP contribution in [0.5, 0.6) is 0 Å². The zero-order valence-electron chi connectivity index (χ0n) is 15.1. The van der Waals surface area contributed by atoms with E-state index in [-0.39, 0.29) is 17.6 Å². The summed E-state index contributed by atoms with van der Waals surface area (Å²) in [5, 5.41) is 25.8. The first-order valence-electron chi connectivity index (χ1n) is 9.04. The van der Waals surface area contributed by atoms with Crippen LogP contribution in [-0.4, -0.2) is 17.6 Å². The Hall–Kier alpha value is -2.48. The number of nitrogens with zero attached hydrogens (tertiary/aromatic N) is 2. The van der Waals surface area contributed by atoms with Gasteiger partial charge >= 0.3 is 0 Å². The number of nitrogens with one attached hydrogen (secondary N) is 2. The number of amides is 2. The van der Waals surface area contributed by atoms with Crippen molar-refractivity contribution in [1.82, 2.24) is 5.32 Å². The quantitative estimate of drug-likeness (QED) is 0.775. The van der Waals surface area contributed by atoms with E-state index in [1.807, 2.05) is 0 Å². The van der Waals surface area contributed by atoms with Crippen molar-refractivity contribution < 1.29 is 9.59 Å². The number of halogens is 1. The monoisotopic (exact) mass is 414 g/mol. The van der Waals surface area contributed by atoms with Crippen molar-refractivity contribution in [2.45, 2.75) is 32.1 Å². The van der Waals surface area contributed by atoms with Gasteiger partial charge in [-0.3, -0.25) is 9.59 Å². The molecule has 144 valence electrons. The largest absolute Gasteiger partial charge is 0.325 e. The van der Waals surface area contributed by atoms with Crippen molar-refractivity contribution >= 4 is 40.9 Å². The number of thioether (sulfide) groups is 1. The van der Waals surface area contributed by atoms with Crippen molar-refractivity contribution in [1.29, 1.82) is 10.5 Å². The number of carbonyl (C=O) groups is 2. The summed E-state index contributed by atoms with van der Waals surface area (Å²) in [6.45, 7) is 0. The summed E-state index contributed by atoms with van der Waals surface area (Å²) in [6, 6.07) is 11.1. The first kappa shape index (κ1) is 20.3. The normalized spacial score (nSPS) is 20.8. The predicted octanol–water partition coefficient (Wildman–Crippen LogP) is 3.97. The maximum absolute atomic E-state index is 12.5. The number of carbonyl (C=O) groups excluding carboxylic acids is 2. The van der Waals surface area contributed by atoms with Crippen LogP contribution in [0.1, 0.15) is 32.1 Å². The third-order valence-corrected chi connectivity index (χ3v) is 6.49. The fourth-order valence-electron chi connectivity index (χ4n) is 3.91. The molecular formula is C20H19ClN4O2S. The third-order valence-electron chi connectivity index (χ3n) is 5.24. The Morgan fingerprint density at radius 1 is 1.25 bits per heavy atom. The molecule has 3 rings (SSSR count). The van der Waals surface area contributed by atoms with Crippen molar-refractivity contribution in [2.75, 3.05) is 11.1 Å². The Balaban J connectivity index is 1.78. The smallest absolute Gasteiger partial charge is 0.243 e. The van der Waals surface area contributed by atoms with Crippen molar-refractivity contribution in [3.63, 3.8) is 0 Å². The van der Waals surface area contributed by atoms with Gasteiger partial charge < -0.3 is 10.6 Å². The molecule has 0 radical (unpaired) electrons. The lowest BCUT2D eigenvalue weighted by atomic mass is 9.61. The standard InChI is InChI=1S/C20H19ClN4O2S/c21-13-4-6-14(7-5-13)24-17(26)12-28-19-16(11-23)20(8-2-1-3-9-20)15(10-22)18(27)25-19/h4-7,15H,1-3,8-9,12H2,(H,24,26)(H,25,27)/t15-/m0/s1. The Morgan fingerprint density at radius 3 is 2.54 bits per heavy atom. The Kier molecular flexibility index (Phi) is 6.28. The molecule has 1 heterocycles. The van der Waals surface area contributed by atoms with Crippen LogP contribution >= 0.6 is 23.4 Å². The first-order chi connectivity index (χ1) is 13.5. The second-order valence-corrected chi connectivity index (χ2v) is 8.35. The molecule has 1 aromatic rings. The molecule has 1 atom stereocenters. The summed E-state index contributed by atoms with van der Waals surface area (Å²) in [4.78, 5) is 24.8. The van der Waals surface area contributed by atoms with E-state index < -0.39 is 11.3 Å². The van der Waals surface area contributed by atoms with E-state index in [4.69, 9.17) is 11.6 Å². The number of hydrogen-bond donors (Lipinski definition) is 2. The van der Waals surface area contributed by atoms with E-state index in [1.165, 1.54) is 0 Å². The summed E-state index contributed by atoms with van der Waals surface area (Å²) in [5.74, 6) is -1.47. The molecule has 6 nitrogen and oxygen atoms in total. The predicted molar refractivity (Wildman–Crippen MR) is 108 cm³/mol. The van der Waals surface area contributed by atoms with Gasteiger partial charge in [-0.05, 0) is 37.1 Å². The summed E-state index contributed by atoms with van der Waals surface area (Å²) in [5.41, 5.74) is 0.312. The first-order valence-corrected chi connectivity index (χ1v) is 10.4. The van der Waals surface area contributed by atoms with Crippen LogP contribution in [0.3, 0.4) is 0 Å². The molecule has 1 fully saturated rings. The van der Waals surface area contributed by atoms with E-state index in [9.17, 15) is 20.1 Å². The highest BCUT2D eigenvalue weighted by Crippen LogP contribution is 2.51. The minimum Gasteiger partial charge on any atom is -0.325 e. The van der Waals surface area contributed by atoms with Gasteiger partial charge in [0, 0.05) is 16.1 Å². The fourth-order valence-corrected chi connectivity index (χ4v) is 4.95. The Morgan fingerprint density at radius 2 is 1.93 bits per heavy atom. The molecule has 0 bridgehead atoms. The van der Waals surface area contributed by atoms with Gasteiger partial charge in [-0.1, -0.05) is 42.6 Å². The molecule has 2 aliphatic rings. The van der Waals surface area contributed by atoms with Crippen molar-refractivity contribution in [3.05, 3.63) is 39.9 Å². The lowest BCUT2D eigenvalue weighted by molar-refractivity contribution is -0.126. The summed E-state index contributed by atoms with van der Waals surface area (Å²) in [7, 11) is 0. The third kappa shape index (κ3) is 4.01. The average Bonchev–Trinajstić information content (AvgIpc) is 2.69. The zero-order chi connectivity index (χ0) is 20.1. The number of benzene rings is 1. The summed E-state index contributed by atoms with van der Waals surface area (Å²) < 4.78 is 0. The second-order valence-electron chi connectivity index (χ2n) is 6.93. The lowest BCUT2D eigenvalue weighted by Gasteiger charge is -2.43. The highest BCUT2D eigenvalue weighted by molar-refractivity contribution is 8.03. The molecule has 2 amide bonds. The number of nitriles is 2. The van der Waals surface area contributed by atoms with E-state index in [1.54, 1.807) is 24.3 Å². The molecule has 1 saturated carbocycles. The molecule has 0 aromatic heterocycles. The fraction of sp³-hybridized carbons (Fsp3) is 0.400. The topological polar surface area (TPSA) is 106 Å². The van der Waals surface area contributed by atoms with Crippen molar-refractivity contribution in [3.8, 4) is 12.1 Å². The number of allylic oxidation sites excluding steroid dienone is 1. The lowest BCUT2D eigenvalue weighted by Crippen LogP contribution is -2.48. The number of anilines is 1. The molecule has 1 spiro atoms. The van der Waals surface area contributed by atoms with Gasteiger partial charge in [0.1, 0.15) is 5.92 Å². The summed E-state index contributed by atoms with van der Waals surface area (Å²) >= 11 is 6.96. The van der Waals surface area contributed by atoms with Gasteiger partial charge in [0.15, 0.2) is 0 Å². The minimum absolute atomic E-state index is 0.0384. The molecule has 1 aliphatic heterocycles. The highest BCUT2D eigenvalue weighted by Gasteiger charge is 2.51. The second kappa shape index (κ2) is 8.68. The molecule has 28 heavy (non-hydrogen) atoms. The molecule has 1 aliphatic carbocycles. The van der Waals surface area contributed by atoms with Gasteiger partial charge in [-0.25, -0.2) is 0 Å². The van der Waals surface area contributed by atoms with E-state index in [2.05, 4.69) is 22.8 Å². The van der Waals surface area contributed by atoms with Crippen LogP contribution in [0.25, 0.3) is 0 Å². The summed E-state index contributed by atoms with van der Waals surface area (Å²) in [6.07, 6.45) is 4.08. The van der Waals surface area contributed by atoms with Crippen LogP contribution in [0.2, 0.25) is 5.02 Å². The van der Waals surface area contributed by atoms with E-state index in [0.29, 0.717) is 34.2 Å². The maximum Gasteiger partial charge on any atom is 0.243 e. The van der Waals surface area contributed by atoms with Crippen LogP contribution in [0.4, 0.5) is 5.69 Å². The molecule has 8 heteroatoms. The van der Waals surface area contributed by atoms with Gasteiger partial charge in [-0.2, -0.15) is 10.5 Å². The average molecular weight is 415 g/mol. The van der Waals surface area contributed by atoms with Gasteiger partial charge in [0.2, 0.25) is 11.8 Å². The maximum atomic E-state index is 12.5. The highest BCUT2D eigenvalue weighted by atomic mass is 35.5. The number of rotatable bonds is 4. The Labute approximate surface area is 172 Å². The molecule has 0 unspecified atom stereocenters. The molecular weight excluding hydrogens is 396 g/mol. The molecule has 0 saturated heterocycles. The molecule has 1 aromatic carbocycles.